The molecule has 9 atom stereocenters. The molecule has 19 nitrogen and oxygen atoms in total. The average molecular weight is 730 g/mol. The molecule has 3 fully saturated rings. The number of nitrogens with one attached hydrogen (secondary N) is 1. The predicted molar refractivity (Wildman–Crippen MR) is 167 cm³/mol. The number of anilines is 1. The second-order valence-electron chi connectivity index (χ2n) is 11.3. The number of ether oxygens (including phenoxy) is 1. The number of halogens is 1. The largest absolute Gasteiger partial charge is 0.386 e. The van der Waals surface area contributed by atoms with Crippen LogP contribution in [0.3, 0.4) is 0 Å². The minimum atomic E-state index is -4.16. The Hall–Kier alpha value is -2.91. The van der Waals surface area contributed by atoms with Gasteiger partial charge in [-0.2, -0.15) is 10.1 Å². The lowest BCUT2D eigenvalue weighted by molar-refractivity contribution is -0.0342. The van der Waals surface area contributed by atoms with Gasteiger partial charge in [-0.3, -0.25) is 13.9 Å². The molecule has 7 heterocycles. The minimum absolute atomic E-state index is 0.0274. The third-order valence-corrected chi connectivity index (χ3v) is 11.9. The summed E-state index contributed by atoms with van der Waals surface area (Å²) in [5.74, 6) is -0.345. The van der Waals surface area contributed by atoms with E-state index in [9.17, 15) is 14.3 Å². The quantitative estimate of drug-likeness (QED) is 0.150. The first-order valence-corrected chi connectivity index (χ1v) is 19.6. The maximum absolute atomic E-state index is 16.1. The van der Waals surface area contributed by atoms with E-state index in [-0.39, 0.29) is 72.4 Å². The Kier molecular flexibility index (Phi) is 7.75. The standard InChI is InChI=1S/C23H26FN11O8P2S2/c24-14-17-13(42-22(14)34-8-28-15-18(25)26-6-27-19(15)34)1-2-39-44(37,46)41-5-11-10(4-40-45(38,47)43-17)3-12(11)33-7-29-16-20(33)31-23-32-30-9-35(23)21(16)36/h6-14,17,22H,1-5H2,(H,31,32)(H,37,46)(H,38,47)(H2,25,26,27)/t10-,11-,12-,13-,14-,17-,22-,44?,45?/m1/s1. The Morgan fingerprint density at radius 2 is 1.89 bits per heavy atom. The zero-order chi connectivity index (χ0) is 32.7. The third-order valence-electron chi connectivity index (χ3n) is 8.69. The van der Waals surface area contributed by atoms with E-state index in [1.54, 1.807) is 4.57 Å². The Balaban J connectivity index is 1.05. The first-order valence-electron chi connectivity index (χ1n) is 14.3. The molecule has 5 aromatic rings. The predicted octanol–water partition coefficient (Wildman–Crippen LogP) is 1.70. The molecule has 250 valence electrons. The fourth-order valence-electron chi connectivity index (χ4n) is 6.30. The highest BCUT2D eigenvalue weighted by Gasteiger charge is 2.51. The molecule has 3 aliphatic rings. The van der Waals surface area contributed by atoms with E-state index < -0.39 is 43.7 Å². The van der Waals surface area contributed by atoms with E-state index in [4.69, 9.17) is 40.4 Å². The van der Waals surface area contributed by atoms with Crippen LogP contribution in [0.1, 0.15) is 25.1 Å². The summed E-state index contributed by atoms with van der Waals surface area (Å²) >= 11 is 9.44. The molecule has 2 aliphatic heterocycles. The van der Waals surface area contributed by atoms with Crippen molar-refractivity contribution in [3.8, 4) is 0 Å². The lowest BCUT2D eigenvalue weighted by Gasteiger charge is -2.45. The molecule has 8 rings (SSSR count). The molecule has 1 aliphatic carbocycles. The number of hydrogen-bond acceptors (Lipinski definition) is 15. The summed E-state index contributed by atoms with van der Waals surface area (Å²) in [5, 5.41) is 6.53. The normalized spacial score (nSPS) is 35.4. The van der Waals surface area contributed by atoms with Crippen molar-refractivity contribution in [1.82, 2.24) is 48.7 Å². The van der Waals surface area contributed by atoms with Gasteiger partial charge in [0.05, 0.1) is 38.6 Å². The summed E-state index contributed by atoms with van der Waals surface area (Å²) < 4.78 is 62.7. The van der Waals surface area contributed by atoms with Crippen LogP contribution >= 0.6 is 25.8 Å². The number of nitrogens with two attached hydrogens (primary N) is 1. The first-order chi connectivity index (χ1) is 22.5. The lowest BCUT2D eigenvalue weighted by Crippen LogP contribution is -2.43. The highest BCUT2D eigenvalue weighted by atomic mass is 32.7. The summed E-state index contributed by atoms with van der Waals surface area (Å²) in [6, 6.07) is -0.319. The van der Waals surface area contributed by atoms with E-state index in [1.807, 2.05) is 0 Å². The number of nitrogens with zero attached hydrogens (tertiary/aromatic N) is 9. The van der Waals surface area contributed by atoms with E-state index >= 15 is 4.39 Å². The summed E-state index contributed by atoms with van der Waals surface area (Å²) in [7, 11) is 0. The number of thiol groups is 1. The van der Waals surface area contributed by atoms with Gasteiger partial charge in [0.2, 0.25) is 5.78 Å². The summed E-state index contributed by atoms with van der Waals surface area (Å²) in [6.07, 6.45) is 0.133. The van der Waals surface area contributed by atoms with Crippen molar-refractivity contribution < 1.29 is 36.7 Å². The van der Waals surface area contributed by atoms with E-state index in [0.29, 0.717) is 12.1 Å². The molecule has 24 heteroatoms. The van der Waals surface area contributed by atoms with Gasteiger partial charge in [-0.05, 0) is 24.1 Å². The van der Waals surface area contributed by atoms with Gasteiger partial charge in [-0.25, -0.2) is 38.4 Å². The molecule has 0 amide bonds. The van der Waals surface area contributed by atoms with Crippen molar-refractivity contribution in [2.75, 3.05) is 25.6 Å². The Labute approximate surface area is 272 Å². The number of H-pyrrole nitrogens is 1. The monoisotopic (exact) mass is 729 g/mol. The number of aromatic amines is 1. The summed E-state index contributed by atoms with van der Waals surface area (Å²) in [6.45, 7) is -8.32. The van der Waals surface area contributed by atoms with Crippen molar-refractivity contribution in [1.29, 1.82) is 0 Å². The number of aromatic nitrogens is 10. The van der Waals surface area contributed by atoms with Crippen molar-refractivity contribution in [3.05, 3.63) is 35.7 Å². The molecule has 5 aromatic heterocycles. The van der Waals surface area contributed by atoms with Crippen LogP contribution < -0.4 is 11.3 Å². The van der Waals surface area contributed by atoms with E-state index in [2.05, 4.69) is 47.4 Å². The Morgan fingerprint density at radius 3 is 2.74 bits per heavy atom. The molecule has 1 saturated carbocycles. The molecule has 0 spiro atoms. The van der Waals surface area contributed by atoms with Crippen molar-refractivity contribution in [2.24, 2.45) is 11.8 Å². The van der Waals surface area contributed by atoms with Gasteiger partial charge in [0.1, 0.15) is 24.3 Å². The number of fused-ring (bicyclic) bond motifs is 5. The van der Waals surface area contributed by atoms with Crippen LogP contribution in [0.2, 0.25) is 0 Å². The van der Waals surface area contributed by atoms with E-state index in [1.165, 1.54) is 34.3 Å². The van der Waals surface area contributed by atoms with Gasteiger partial charge in [-0.15, -0.1) is 0 Å². The molecule has 2 saturated heterocycles. The van der Waals surface area contributed by atoms with Gasteiger partial charge in [0.15, 0.2) is 35.0 Å². The minimum Gasteiger partial charge on any atom is -0.382 e. The topological polar surface area (TPSA) is 234 Å². The molecular formula is C23H26FN11O8P2S2. The van der Waals surface area contributed by atoms with Gasteiger partial charge < -0.3 is 33.5 Å². The number of imidazole rings is 2. The number of rotatable bonds is 2. The van der Waals surface area contributed by atoms with Gasteiger partial charge in [0.25, 0.3) is 5.56 Å². The zero-order valence-electron chi connectivity index (χ0n) is 23.9. The van der Waals surface area contributed by atoms with Gasteiger partial charge in [0, 0.05) is 18.4 Å². The fraction of sp³-hybridized carbons (Fsp3) is 0.522. The van der Waals surface area contributed by atoms with Crippen molar-refractivity contribution in [2.45, 2.75) is 43.5 Å². The fourth-order valence-corrected chi connectivity index (χ4v) is 9.00. The molecule has 2 unspecified atom stereocenters. The lowest BCUT2D eigenvalue weighted by atomic mass is 9.70. The summed E-state index contributed by atoms with van der Waals surface area (Å²) in [4.78, 5) is 44.8. The molecule has 0 bridgehead atoms. The average Bonchev–Trinajstić information content (AvgIpc) is 3.80. The number of alkyl halides is 1. The second-order valence-corrected chi connectivity index (χ2v) is 17.0. The first kappa shape index (κ1) is 31.4. The van der Waals surface area contributed by atoms with Crippen molar-refractivity contribution in [3.63, 3.8) is 0 Å². The molecular weight excluding hydrogens is 703 g/mol. The molecule has 47 heavy (non-hydrogen) atoms. The number of nitrogen functional groups attached to an aromatic ring is 1. The maximum atomic E-state index is 16.1. The van der Waals surface area contributed by atoms with Crippen LogP contribution in [0.5, 0.6) is 0 Å². The van der Waals surface area contributed by atoms with Crippen LogP contribution in [0.25, 0.3) is 28.1 Å². The SMILES string of the molecule is Nc1ncnc2c1ncn2[C@@H]1O[C@@H]2CCOP(O)(=S)OC[C@@H]3[C@@H](COP(=O)(S)O[C@H]2[C@H]1F)C[C@H]3n1cnc2c(=O)n3cn[nH]c3nc21. The van der Waals surface area contributed by atoms with Crippen LogP contribution in [0.15, 0.2) is 30.1 Å². The molecule has 0 aromatic carbocycles. The number of hydrogen-bond donors (Lipinski definition) is 4. The van der Waals surface area contributed by atoms with Crippen LogP contribution in [-0.2, 0) is 39.2 Å². The summed E-state index contributed by atoms with van der Waals surface area (Å²) in [5.41, 5.74) is 6.43. The van der Waals surface area contributed by atoms with Gasteiger partial charge in [-0.1, -0.05) is 12.2 Å². The van der Waals surface area contributed by atoms with Crippen LogP contribution in [-0.4, -0.2) is 91.7 Å². The molecule has 4 N–H and O–H groups in total. The highest BCUT2D eigenvalue weighted by Crippen LogP contribution is 2.59. The molecule has 0 radical (unpaired) electrons. The van der Waals surface area contributed by atoms with Crippen LogP contribution in [0, 0.1) is 11.8 Å². The third kappa shape index (κ3) is 5.49. The Bertz CT molecular complexity index is 2160. The Morgan fingerprint density at radius 1 is 1.09 bits per heavy atom. The maximum Gasteiger partial charge on any atom is 0.386 e. The smallest absolute Gasteiger partial charge is 0.382 e. The van der Waals surface area contributed by atoms with Crippen LogP contribution in [0.4, 0.5) is 10.2 Å². The highest BCUT2D eigenvalue weighted by molar-refractivity contribution is 8.44. The second kappa shape index (κ2) is 11.6. The van der Waals surface area contributed by atoms with E-state index in [0.717, 1.165) is 0 Å². The van der Waals surface area contributed by atoms with Crippen molar-refractivity contribution >= 4 is 71.5 Å². The van der Waals surface area contributed by atoms with Gasteiger partial charge >= 0.3 is 13.5 Å². The zero-order valence-corrected chi connectivity index (χ0v) is 27.4.